The fourth-order valence-corrected chi connectivity index (χ4v) is 3.60. The highest BCUT2D eigenvalue weighted by Crippen LogP contribution is 2.23. The first kappa shape index (κ1) is 21.1. The highest BCUT2D eigenvalue weighted by molar-refractivity contribution is 5.82. The van der Waals surface area contributed by atoms with E-state index in [4.69, 9.17) is 0 Å². The summed E-state index contributed by atoms with van der Waals surface area (Å²) in [5.41, 5.74) is 4.51. The number of amides is 2. The van der Waals surface area contributed by atoms with Crippen molar-refractivity contribution in [3.05, 3.63) is 70.8 Å². The standard InChI is InChI=1S/C24H31N3O2/c1-17-7-11-19(12-8-17)23(20-13-9-18(2)10-14-20)27-22(28)6-4-16-26-24(29)21-5-3-15-25-21/h7-14,21,23,25H,3-6,15-16H2,1-2H3,(H,26,29)(H,27,28)/t21-/m0/s1. The molecule has 0 saturated carbocycles. The molecule has 29 heavy (non-hydrogen) atoms. The molecule has 1 aliphatic rings. The average Bonchev–Trinajstić information content (AvgIpc) is 3.26. The molecule has 5 heteroatoms. The van der Waals surface area contributed by atoms with Crippen molar-refractivity contribution < 1.29 is 9.59 Å². The first-order chi connectivity index (χ1) is 14.0. The normalized spacial score (nSPS) is 16.0. The first-order valence-electron chi connectivity index (χ1n) is 10.5. The molecule has 3 N–H and O–H groups in total. The van der Waals surface area contributed by atoms with Crippen LogP contribution in [0.25, 0.3) is 0 Å². The molecule has 5 nitrogen and oxygen atoms in total. The Morgan fingerprint density at radius 2 is 1.59 bits per heavy atom. The Morgan fingerprint density at radius 3 is 2.10 bits per heavy atom. The summed E-state index contributed by atoms with van der Waals surface area (Å²) in [4.78, 5) is 24.6. The largest absolute Gasteiger partial charge is 0.355 e. The molecule has 2 aromatic rings. The summed E-state index contributed by atoms with van der Waals surface area (Å²) < 4.78 is 0. The number of rotatable bonds is 8. The molecule has 1 saturated heterocycles. The van der Waals surface area contributed by atoms with E-state index in [-0.39, 0.29) is 23.9 Å². The summed E-state index contributed by atoms with van der Waals surface area (Å²) >= 11 is 0. The summed E-state index contributed by atoms with van der Waals surface area (Å²) in [6, 6.07) is 16.3. The van der Waals surface area contributed by atoms with Crippen molar-refractivity contribution in [3.63, 3.8) is 0 Å². The Morgan fingerprint density at radius 1 is 1.00 bits per heavy atom. The molecule has 0 aromatic heterocycles. The molecule has 2 aromatic carbocycles. The number of carbonyl (C=O) groups excluding carboxylic acids is 2. The van der Waals surface area contributed by atoms with Crippen LogP contribution in [0.15, 0.2) is 48.5 Å². The van der Waals surface area contributed by atoms with Crippen LogP contribution in [0, 0.1) is 13.8 Å². The molecule has 0 radical (unpaired) electrons. The Hall–Kier alpha value is -2.66. The van der Waals surface area contributed by atoms with Crippen molar-refractivity contribution in [3.8, 4) is 0 Å². The van der Waals surface area contributed by atoms with Crippen molar-refractivity contribution in [1.82, 2.24) is 16.0 Å². The first-order valence-corrected chi connectivity index (χ1v) is 10.5. The zero-order valence-electron chi connectivity index (χ0n) is 17.3. The number of carbonyl (C=O) groups is 2. The smallest absolute Gasteiger partial charge is 0.237 e. The lowest BCUT2D eigenvalue weighted by Gasteiger charge is -2.20. The van der Waals surface area contributed by atoms with Gasteiger partial charge in [-0.05, 0) is 50.8 Å². The predicted octanol–water partition coefficient (Wildman–Crippen LogP) is 3.16. The fourth-order valence-electron chi connectivity index (χ4n) is 3.60. The summed E-state index contributed by atoms with van der Waals surface area (Å²) in [6.07, 6.45) is 2.94. The van der Waals surface area contributed by atoms with Gasteiger partial charge in [-0.15, -0.1) is 0 Å². The minimum Gasteiger partial charge on any atom is -0.355 e. The van der Waals surface area contributed by atoms with Crippen LogP contribution in [0.4, 0.5) is 0 Å². The molecular formula is C24H31N3O2. The average molecular weight is 394 g/mol. The Balaban J connectivity index is 1.55. The summed E-state index contributed by atoms with van der Waals surface area (Å²) in [5, 5.41) is 9.28. The number of benzene rings is 2. The predicted molar refractivity (Wildman–Crippen MR) is 116 cm³/mol. The van der Waals surface area contributed by atoms with Gasteiger partial charge in [-0.3, -0.25) is 9.59 Å². The van der Waals surface area contributed by atoms with Gasteiger partial charge in [0.25, 0.3) is 0 Å². The molecule has 1 atom stereocenters. The molecule has 0 unspecified atom stereocenters. The van der Waals surface area contributed by atoms with Gasteiger partial charge >= 0.3 is 0 Å². The highest BCUT2D eigenvalue weighted by Gasteiger charge is 2.21. The lowest BCUT2D eigenvalue weighted by molar-refractivity contribution is -0.124. The third-order valence-corrected chi connectivity index (χ3v) is 5.38. The molecule has 0 spiro atoms. The van der Waals surface area contributed by atoms with Crippen LogP contribution in [-0.2, 0) is 9.59 Å². The van der Waals surface area contributed by atoms with Gasteiger partial charge in [0.15, 0.2) is 0 Å². The van der Waals surface area contributed by atoms with Gasteiger partial charge in [-0.25, -0.2) is 0 Å². The van der Waals surface area contributed by atoms with Gasteiger partial charge in [0.05, 0.1) is 12.1 Å². The lowest BCUT2D eigenvalue weighted by Crippen LogP contribution is -2.41. The van der Waals surface area contributed by atoms with Crippen LogP contribution in [0.2, 0.25) is 0 Å². The third-order valence-electron chi connectivity index (χ3n) is 5.38. The SMILES string of the molecule is Cc1ccc(C(NC(=O)CCCNC(=O)[C@@H]2CCCN2)c2ccc(C)cc2)cc1. The van der Waals surface area contributed by atoms with Crippen molar-refractivity contribution in [2.24, 2.45) is 0 Å². The molecule has 1 aliphatic heterocycles. The molecule has 2 amide bonds. The molecule has 1 heterocycles. The molecule has 1 fully saturated rings. The zero-order chi connectivity index (χ0) is 20.6. The van der Waals surface area contributed by atoms with Crippen molar-refractivity contribution in [2.45, 2.75) is 51.6 Å². The van der Waals surface area contributed by atoms with Crippen LogP contribution in [0.1, 0.15) is 54.0 Å². The molecule has 3 rings (SSSR count). The number of hydrogen-bond acceptors (Lipinski definition) is 3. The monoisotopic (exact) mass is 393 g/mol. The summed E-state index contributed by atoms with van der Waals surface area (Å²) in [6.45, 7) is 5.53. The van der Waals surface area contributed by atoms with Gasteiger partial charge < -0.3 is 16.0 Å². The van der Waals surface area contributed by atoms with Crippen LogP contribution in [0.5, 0.6) is 0 Å². The van der Waals surface area contributed by atoms with Gasteiger partial charge in [0.2, 0.25) is 11.8 Å². The second kappa shape index (κ2) is 10.2. The zero-order valence-corrected chi connectivity index (χ0v) is 17.3. The van der Waals surface area contributed by atoms with E-state index in [1.54, 1.807) is 0 Å². The van der Waals surface area contributed by atoms with Crippen LogP contribution in [-0.4, -0.2) is 30.9 Å². The lowest BCUT2D eigenvalue weighted by atomic mass is 9.97. The third kappa shape index (κ3) is 6.16. The fraction of sp³-hybridized carbons (Fsp3) is 0.417. The summed E-state index contributed by atoms with van der Waals surface area (Å²) in [5.74, 6) is 0.0319. The van der Waals surface area contributed by atoms with Gasteiger partial charge in [0.1, 0.15) is 0 Å². The number of hydrogen-bond donors (Lipinski definition) is 3. The summed E-state index contributed by atoms with van der Waals surface area (Å²) in [7, 11) is 0. The molecule has 0 aliphatic carbocycles. The van der Waals surface area contributed by atoms with E-state index in [0.717, 1.165) is 30.5 Å². The number of aryl methyl sites for hydroxylation is 2. The second-order valence-electron chi connectivity index (χ2n) is 7.87. The van der Waals surface area contributed by atoms with Crippen LogP contribution < -0.4 is 16.0 Å². The van der Waals surface area contributed by atoms with E-state index in [0.29, 0.717) is 19.4 Å². The maximum atomic E-state index is 12.6. The molecule has 154 valence electrons. The Kier molecular flexibility index (Phi) is 7.42. The minimum absolute atomic E-state index is 0.00982. The minimum atomic E-state index is -0.180. The maximum Gasteiger partial charge on any atom is 0.237 e. The Bertz CT molecular complexity index is 764. The molecular weight excluding hydrogens is 362 g/mol. The van der Waals surface area contributed by atoms with E-state index < -0.39 is 0 Å². The van der Waals surface area contributed by atoms with Crippen molar-refractivity contribution >= 4 is 11.8 Å². The van der Waals surface area contributed by atoms with Crippen LogP contribution >= 0.6 is 0 Å². The molecule has 0 bridgehead atoms. The van der Waals surface area contributed by atoms with Crippen molar-refractivity contribution in [2.75, 3.05) is 13.1 Å². The van der Waals surface area contributed by atoms with E-state index >= 15 is 0 Å². The number of nitrogens with one attached hydrogen (secondary N) is 3. The van der Waals surface area contributed by atoms with E-state index in [1.165, 1.54) is 11.1 Å². The van der Waals surface area contributed by atoms with Crippen molar-refractivity contribution in [1.29, 1.82) is 0 Å². The highest BCUT2D eigenvalue weighted by atomic mass is 16.2. The van der Waals surface area contributed by atoms with E-state index in [9.17, 15) is 9.59 Å². The van der Waals surface area contributed by atoms with E-state index in [1.807, 2.05) is 0 Å². The van der Waals surface area contributed by atoms with E-state index in [2.05, 4.69) is 78.3 Å². The van der Waals surface area contributed by atoms with Gasteiger partial charge in [0, 0.05) is 13.0 Å². The second-order valence-corrected chi connectivity index (χ2v) is 7.87. The quantitative estimate of drug-likeness (QED) is 0.604. The Labute approximate surface area is 173 Å². The topological polar surface area (TPSA) is 70.2 Å². The maximum absolute atomic E-state index is 12.6. The van der Waals surface area contributed by atoms with Gasteiger partial charge in [-0.2, -0.15) is 0 Å². The van der Waals surface area contributed by atoms with Gasteiger partial charge in [-0.1, -0.05) is 59.7 Å². The van der Waals surface area contributed by atoms with Crippen LogP contribution in [0.3, 0.4) is 0 Å².